The predicted molar refractivity (Wildman–Crippen MR) is 90.4 cm³/mol. The van der Waals surface area contributed by atoms with E-state index in [0.29, 0.717) is 16.7 Å². The number of halogens is 2. The molecule has 116 valence electrons. The van der Waals surface area contributed by atoms with E-state index in [1.807, 2.05) is 31.2 Å². The maximum atomic E-state index is 13.9. The summed E-state index contributed by atoms with van der Waals surface area (Å²) in [5.74, 6) is -0.503. The average molecular weight is 365 g/mol. The van der Waals surface area contributed by atoms with Crippen molar-refractivity contribution in [3.8, 4) is 0 Å². The third-order valence-electron chi connectivity index (χ3n) is 3.44. The van der Waals surface area contributed by atoms with Crippen LogP contribution in [0.25, 0.3) is 0 Å². The Morgan fingerprint density at radius 1 is 1.27 bits per heavy atom. The fourth-order valence-corrected chi connectivity index (χ4v) is 2.48. The lowest BCUT2D eigenvalue weighted by Crippen LogP contribution is -2.35. The van der Waals surface area contributed by atoms with E-state index in [0.717, 1.165) is 11.1 Å². The highest BCUT2D eigenvalue weighted by atomic mass is 79.9. The molecular formula is C17H18BrFN2O. The smallest absolute Gasteiger partial charge is 0.239 e. The molecule has 0 unspecified atom stereocenters. The Bertz CT molecular complexity index is 675. The molecule has 22 heavy (non-hydrogen) atoms. The molecule has 3 nitrogen and oxygen atoms in total. The Balaban J connectivity index is 1.93. The lowest BCUT2D eigenvalue weighted by Gasteiger charge is -2.19. The third kappa shape index (κ3) is 4.31. The maximum absolute atomic E-state index is 13.9. The average Bonchev–Trinajstić information content (AvgIpc) is 2.46. The van der Waals surface area contributed by atoms with Crippen LogP contribution in [0.5, 0.6) is 0 Å². The molecule has 0 spiro atoms. The maximum Gasteiger partial charge on any atom is 0.239 e. The predicted octanol–water partition coefficient (Wildman–Crippen LogP) is 3.65. The summed E-state index contributed by atoms with van der Waals surface area (Å²) in [6.07, 6.45) is 0. The van der Waals surface area contributed by atoms with Gasteiger partial charge < -0.3 is 10.2 Å². The fraction of sp³-hybridized carbons (Fsp3) is 0.235. The number of carbonyl (C=O) groups is 1. The van der Waals surface area contributed by atoms with Gasteiger partial charge in [-0.2, -0.15) is 0 Å². The standard InChI is InChI=1S/C17H18BrFN2O/c1-12-5-3-4-6-13(12)10-20-17(22)11-21(2)16-8-7-14(18)9-15(16)19/h3-9H,10-11H2,1-2H3,(H,20,22). The van der Waals surface area contributed by atoms with Crippen molar-refractivity contribution in [2.45, 2.75) is 13.5 Å². The van der Waals surface area contributed by atoms with Gasteiger partial charge in [0.1, 0.15) is 5.82 Å². The second-order valence-corrected chi connectivity index (χ2v) is 6.07. The number of nitrogens with zero attached hydrogens (tertiary/aromatic N) is 1. The monoisotopic (exact) mass is 364 g/mol. The second-order valence-electron chi connectivity index (χ2n) is 5.16. The third-order valence-corrected chi connectivity index (χ3v) is 3.93. The van der Waals surface area contributed by atoms with Crippen molar-refractivity contribution < 1.29 is 9.18 Å². The van der Waals surface area contributed by atoms with Crippen molar-refractivity contribution in [1.29, 1.82) is 0 Å². The van der Waals surface area contributed by atoms with Crippen LogP contribution in [-0.4, -0.2) is 19.5 Å². The van der Waals surface area contributed by atoms with Gasteiger partial charge in [-0.3, -0.25) is 4.79 Å². The van der Waals surface area contributed by atoms with E-state index in [1.54, 1.807) is 24.1 Å². The summed E-state index contributed by atoms with van der Waals surface area (Å²) >= 11 is 3.22. The van der Waals surface area contributed by atoms with Gasteiger partial charge in [0.15, 0.2) is 0 Å². The van der Waals surface area contributed by atoms with Gasteiger partial charge in [0.2, 0.25) is 5.91 Å². The van der Waals surface area contributed by atoms with Crippen LogP contribution in [0.1, 0.15) is 11.1 Å². The first-order valence-corrected chi connectivity index (χ1v) is 7.74. The molecule has 0 bridgehead atoms. The zero-order chi connectivity index (χ0) is 16.1. The molecular weight excluding hydrogens is 347 g/mol. The molecule has 0 atom stereocenters. The van der Waals surface area contributed by atoms with Gasteiger partial charge in [-0.25, -0.2) is 4.39 Å². The van der Waals surface area contributed by atoms with Crippen LogP contribution in [-0.2, 0) is 11.3 Å². The largest absolute Gasteiger partial charge is 0.363 e. The Labute approximate surface area is 138 Å². The molecule has 0 radical (unpaired) electrons. The zero-order valence-corrected chi connectivity index (χ0v) is 14.2. The van der Waals surface area contributed by atoms with Crippen molar-refractivity contribution in [2.24, 2.45) is 0 Å². The highest BCUT2D eigenvalue weighted by Gasteiger charge is 2.11. The summed E-state index contributed by atoms with van der Waals surface area (Å²) in [5, 5.41) is 2.86. The Morgan fingerprint density at radius 3 is 2.68 bits per heavy atom. The molecule has 0 aliphatic carbocycles. The number of rotatable bonds is 5. The normalized spacial score (nSPS) is 10.4. The number of likely N-dealkylation sites (N-methyl/N-ethyl adjacent to an activating group) is 1. The van der Waals surface area contributed by atoms with E-state index in [1.165, 1.54) is 6.07 Å². The summed E-state index contributed by atoms with van der Waals surface area (Å²) in [6.45, 7) is 2.58. The van der Waals surface area contributed by atoms with E-state index in [4.69, 9.17) is 0 Å². The topological polar surface area (TPSA) is 32.3 Å². The molecule has 0 aliphatic heterocycles. The molecule has 0 aliphatic rings. The van der Waals surface area contributed by atoms with Crippen LogP contribution in [0, 0.1) is 12.7 Å². The second kappa shape index (κ2) is 7.40. The molecule has 0 heterocycles. The SMILES string of the molecule is Cc1ccccc1CNC(=O)CN(C)c1ccc(Br)cc1F. The first-order chi connectivity index (χ1) is 10.5. The highest BCUT2D eigenvalue weighted by Crippen LogP contribution is 2.21. The van der Waals surface area contributed by atoms with Gasteiger partial charge in [0, 0.05) is 18.1 Å². The number of amides is 1. The number of hydrogen-bond donors (Lipinski definition) is 1. The molecule has 5 heteroatoms. The van der Waals surface area contributed by atoms with Crippen molar-refractivity contribution in [3.05, 3.63) is 63.9 Å². The zero-order valence-electron chi connectivity index (χ0n) is 12.6. The molecule has 2 rings (SSSR count). The Morgan fingerprint density at radius 2 is 2.00 bits per heavy atom. The Kier molecular flexibility index (Phi) is 5.55. The minimum atomic E-state index is -0.358. The van der Waals surface area contributed by atoms with Gasteiger partial charge in [-0.15, -0.1) is 0 Å². The van der Waals surface area contributed by atoms with Gasteiger partial charge >= 0.3 is 0 Å². The number of anilines is 1. The molecule has 0 aromatic heterocycles. The molecule has 0 saturated heterocycles. The van der Waals surface area contributed by atoms with Gasteiger partial charge in [-0.1, -0.05) is 40.2 Å². The Hall–Kier alpha value is -1.88. The molecule has 0 saturated carbocycles. The van der Waals surface area contributed by atoms with Crippen LogP contribution in [0.2, 0.25) is 0 Å². The summed E-state index contributed by atoms with van der Waals surface area (Å²) < 4.78 is 14.5. The van der Waals surface area contributed by atoms with Gasteiger partial charge in [0.25, 0.3) is 0 Å². The number of carbonyl (C=O) groups excluding carboxylic acids is 1. The van der Waals surface area contributed by atoms with E-state index in [-0.39, 0.29) is 18.3 Å². The summed E-state index contributed by atoms with van der Waals surface area (Å²) in [5.41, 5.74) is 2.61. The van der Waals surface area contributed by atoms with E-state index < -0.39 is 0 Å². The van der Waals surface area contributed by atoms with E-state index in [2.05, 4.69) is 21.2 Å². The molecule has 1 amide bonds. The quantitative estimate of drug-likeness (QED) is 0.877. The van der Waals surface area contributed by atoms with Crippen molar-refractivity contribution in [1.82, 2.24) is 5.32 Å². The summed E-state index contributed by atoms with van der Waals surface area (Å²) in [4.78, 5) is 13.6. The number of aryl methyl sites for hydroxylation is 1. The van der Waals surface area contributed by atoms with E-state index in [9.17, 15) is 9.18 Å². The van der Waals surface area contributed by atoms with Crippen LogP contribution < -0.4 is 10.2 Å². The number of nitrogens with one attached hydrogen (secondary N) is 1. The van der Waals surface area contributed by atoms with Gasteiger partial charge in [-0.05, 0) is 36.2 Å². The first-order valence-electron chi connectivity index (χ1n) is 6.95. The van der Waals surface area contributed by atoms with Crippen molar-refractivity contribution >= 4 is 27.5 Å². The highest BCUT2D eigenvalue weighted by molar-refractivity contribution is 9.10. The van der Waals surface area contributed by atoms with Crippen LogP contribution >= 0.6 is 15.9 Å². The number of hydrogen-bond acceptors (Lipinski definition) is 2. The summed E-state index contributed by atoms with van der Waals surface area (Å²) in [7, 11) is 1.69. The van der Waals surface area contributed by atoms with E-state index >= 15 is 0 Å². The molecule has 2 aromatic carbocycles. The van der Waals surface area contributed by atoms with Gasteiger partial charge in [0.05, 0.1) is 12.2 Å². The van der Waals surface area contributed by atoms with Crippen LogP contribution in [0.3, 0.4) is 0 Å². The van der Waals surface area contributed by atoms with Crippen molar-refractivity contribution in [2.75, 3.05) is 18.5 Å². The number of benzene rings is 2. The molecule has 0 fully saturated rings. The first kappa shape index (κ1) is 16.5. The summed E-state index contributed by atoms with van der Waals surface area (Å²) in [6, 6.07) is 12.7. The lowest BCUT2D eigenvalue weighted by molar-refractivity contribution is -0.119. The molecule has 2 aromatic rings. The van der Waals surface area contributed by atoms with Crippen LogP contribution in [0.15, 0.2) is 46.9 Å². The minimum Gasteiger partial charge on any atom is -0.363 e. The fourth-order valence-electron chi connectivity index (χ4n) is 2.15. The van der Waals surface area contributed by atoms with Crippen molar-refractivity contribution in [3.63, 3.8) is 0 Å². The lowest BCUT2D eigenvalue weighted by atomic mass is 10.1. The molecule has 1 N–H and O–H groups in total. The minimum absolute atomic E-state index is 0.102. The van der Waals surface area contributed by atoms with Crippen LogP contribution in [0.4, 0.5) is 10.1 Å².